The number of hydrogen-bond acceptors (Lipinski definition) is 7. The van der Waals surface area contributed by atoms with Gasteiger partial charge in [0.15, 0.2) is 5.69 Å². The SMILES string of the molecule is CSc1cc([N+](=O)[O-])c(NCC(=O)O)c([N+](=O)[O-])c1. The second kappa shape index (κ2) is 6.00. The number of carboxylic acid groups (broad SMARTS) is 1. The highest BCUT2D eigenvalue weighted by Gasteiger charge is 2.26. The highest BCUT2D eigenvalue weighted by Crippen LogP contribution is 2.38. The largest absolute Gasteiger partial charge is 0.480 e. The molecule has 0 aliphatic carbocycles. The van der Waals surface area contributed by atoms with E-state index in [2.05, 4.69) is 5.32 Å². The third-order valence-corrected chi connectivity index (χ3v) is 2.82. The molecule has 0 unspecified atom stereocenters. The fourth-order valence-electron chi connectivity index (χ4n) is 1.34. The van der Waals surface area contributed by atoms with Gasteiger partial charge >= 0.3 is 17.3 Å². The molecular weight excluding hydrogens is 278 g/mol. The van der Waals surface area contributed by atoms with Crippen LogP contribution in [0.3, 0.4) is 0 Å². The number of nitro benzene ring substituents is 2. The second-order valence-corrected chi connectivity index (χ2v) is 4.18. The number of carboxylic acids is 1. The first kappa shape index (κ1) is 14.7. The molecule has 0 amide bonds. The molecule has 0 saturated heterocycles. The van der Waals surface area contributed by atoms with Crippen LogP contribution in [0.5, 0.6) is 0 Å². The van der Waals surface area contributed by atoms with Crippen LogP contribution in [0.4, 0.5) is 17.1 Å². The van der Waals surface area contributed by atoms with Gasteiger partial charge in [0.05, 0.1) is 9.85 Å². The Hall–Kier alpha value is -2.36. The molecular formula is C9H9N3O6S. The van der Waals surface area contributed by atoms with Gasteiger partial charge in [0.2, 0.25) is 0 Å². The molecule has 0 fully saturated rings. The minimum absolute atomic E-state index is 0.347. The lowest BCUT2D eigenvalue weighted by atomic mass is 10.2. The van der Waals surface area contributed by atoms with Crippen LogP contribution in [0.15, 0.2) is 17.0 Å². The Balaban J connectivity index is 3.40. The van der Waals surface area contributed by atoms with Gasteiger partial charge in [-0.25, -0.2) is 0 Å². The summed E-state index contributed by atoms with van der Waals surface area (Å²) in [6.45, 7) is -0.652. The minimum Gasteiger partial charge on any atom is -0.480 e. The maximum Gasteiger partial charge on any atom is 0.322 e. The first-order chi connectivity index (χ1) is 8.86. The van der Waals surface area contributed by atoms with Crippen LogP contribution in [0.2, 0.25) is 0 Å². The predicted molar refractivity (Wildman–Crippen MR) is 67.7 cm³/mol. The maximum absolute atomic E-state index is 10.9. The highest BCUT2D eigenvalue weighted by molar-refractivity contribution is 7.98. The molecule has 0 aliphatic rings. The van der Waals surface area contributed by atoms with Crippen molar-refractivity contribution in [2.24, 2.45) is 0 Å². The van der Waals surface area contributed by atoms with Gasteiger partial charge in [-0.15, -0.1) is 11.8 Å². The molecule has 0 saturated carbocycles. The van der Waals surface area contributed by atoms with Gasteiger partial charge in [-0.2, -0.15) is 0 Å². The van der Waals surface area contributed by atoms with E-state index in [-0.39, 0.29) is 0 Å². The van der Waals surface area contributed by atoms with E-state index < -0.39 is 39.4 Å². The molecule has 0 spiro atoms. The summed E-state index contributed by atoms with van der Waals surface area (Å²) in [6, 6.07) is 2.31. The van der Waals surface area contributed by atoms with E-state index in [1.807, 2.05) is 0 Å². The smallest absolute Gasteiger partial charge is 0.322 e. The van der Waals surface area contributed by atoms with Gasteiger partial charge in [0.25, 0.3) is 0 Å². The van der Waals surface area contributed by atoms with Crippen molar-refractivity contribution in [2.45, 2.75) is 4.90 Å². The van der Waals surface area contributed by atoms with E-state index >= 15 is 0 Å². The summed E-state index contributed by atoms with van der Waals surface area (Å²) in [5.74, 6) is -1.28. The molecule has 2 N–H and O–H groups in total. The lowest BCUT2D eigenvalue weighted by Gasteiger charge is -2.07. The number of benzene rings is 1. The van der Waals surface area contributed by atoms with E-state index in [1.54, 1.807) is 6.26 Å². The topological polar surface area (TPSA) is 136 Å². The fraction of sp³-hybridized carbons (Fsp3) is 0.222. The molecule has 1 aromatic rings. The van der Waals surface area contributed by atoms with Crippen molar-refractivity contribution >= 4 is 34.8 Å². The Morgan fingerprint density at radius 3 is 2.11 bits per heavy atom. The summed E-state index contributed by atoms with van der Waals surface area (Å²) in [4.78, 5) is 31.0. The highest BCUT2D eigenvalue weighted by atomic mass is 32.2. The van der Waals surface area contributed by atoms with Crippen LogP contribution in [-0.2, 0) is 4.79 Å². The quantitative estimate of drug-likeness (QED) is 0.458. The number of anilines is 1. The molecule has 1 rings (SSSR count). The third-order valence-electron chi connectivity index (χ3n) is 2.12. The number of nitro groups is 2. The molecule has 0 aliphatic heterocycles. The Morgan fingerprint density at radius 1 is 1.32 bits per heavy atom. The molecule has 9 nitrogen and oxygen atoms in total. The maximum atomic E-state index is 10.9. The molecule has 0 bridgehead atoms. The minimum atomic E-state index is -1.28. The number of nitrogens with one attached hydrogen (secondary N) is 1. The van der Waals surface area contributed by atoms with Crippen molar-refractivity contribution in [3.05, 3.63) is 32.4 Å². The molecule has 0 atom stereocenters. The van der Waals surface area contributed by atoms with Gasteiger partial charge in [-0.1, -0.05) is 0 Å². The Morgan fingerprint density at radius 2 is 1.79 bits per heavy atom. The summed E-state index contributed by atoms with van der Waals surface area (Å²) in [7, 11) is 0. The zero-order valence-electron chi connectivity index (χ0n) is 9.65. The third kappa shape index (κ3) is 3.55. The molecule has 10 heteroatoms. The van der Waals surface area contributed by atoms with Crippen molar-refractivity contribution in [3.63, 3.8) is 0 Å². The van der Waals surface area contributed by atoms with Crippen molar-refractivity contribution in [2.75, 3.05) is 18.1 Å². The average Bonchev–Trinajstić information content (AvgIpc) is 2.34. The van der Waals surface area contributed by atoms with Crippen LogP contribution in [0, 0.1) is 20.2 Å². The summed E-state index contributed by atoms with van der Waals surface area (Å²) in [5, 5.41) is 32.5. The molecule has 0 heterocycles. The second-order valence-electron chi connectivity index (χ2n) is 3.30. The standard InChI is InChI=1S/C9H9N3O6S/c1-19-5-2-6(11(15)16)9(10-4-8(13)14)7(3-5)12(17)18/h2-3,10H,4H2,1H3,(H,13,14). The van der Waals surface area contributed by atoms with Crippen LogP contribution in [0.25, 0.3) is 0 Å². The average molecular weight is 287 g/mol. The predicted octanol–water partition coefficient (Wildman–Crippen LogP) is 1.72. The molecule has 19 heavy (non-hydrogen) atoms. The Labute approximate surface area is 110 Å². The van der Waals surface area contributed by atoms with E-state index in [0.717, 1.165) is 23.9 Å². The zero-order chi connectivity index (χ0) is 14.6. The van der Waals surface area contributed by atoms with E-state index in [4.69, 9.17) is 5.11 Å². The monoisotopic (exact) mass is 287 g/mol. The first-order valence-corrected chi connectivity index (χ1v) is 6.05. The van der Waals surface area contributed by atoms with Crippen LogP contribution in [-0.4, -0.2) is 33.7 Å². The summed E-state index contributed by atoms with van der Waals surface area (Å²) in [6.07, 6.45) is 1.62. The number of rotatable bonds is 6. The van der Waals surface area contributed by atoms with Gasteiger partial charge in [-0.3, -0.25) is 25.0 Å². The van der Waals surface area contributed by atoms with Gasteiger partial charge < -0.3 is 10.4 Å². The molecule has 0 aromatic heterocycles. The number of nitrogens with zero attached hydrogens (tertiary/aromatic N) is 2. The number of hydrogen-bond donors (Lipinski definition) is 2. The lowest BCUT2D eigenvalue weighted by molar-refractivity contribution is -0.392. The van der Waals surface area contributed by atoms with Gasteiger partial charge in [0.1, 0.15) is 6.54 Å². The van der Waals surface area contributed by atoms with Gasteiger partial charge in [-0.05, 0) is 6.26 Å². The fourth-order valence-corrected chi connectivity index (χ4v) is 1.80. The van der Waals surface area contributed by atoms with Crippen LogP contribution >= 0.6 is 11.8 Å². The Kier molecular flexibility index (Phi) is 4.64. The van der Waals surface area contributed by atoms with E-state index in [9.17, 15) is 25.0 Å². The molecule has 102 valence electrons. The van der Waals surface area contributed by atoms with Crippen molar-refractivity contribution < 1.29 is 19.7 Å². The molecule has 0 radical (unpaired) electrons. The normalized spacial score (nSPS) is 9.95. The number of carbonyl (C=O) groups is 1. The zero-order valence-corrected chi connectivity index (χ0v) is 10.5. The number of thioether (sulfide) groups is 1. The Bertz CT molecular complexity index is 512. The first-order valence-electron chi connectivity index (χ1n) is 4.83. The summed E-state index contributed by atoms with van der Waals surface area (Å²) < 4.78 is 0. The van der Waals surface area contributed by atoms with Crippen molar-refractivity contribution in [1.82, 2.24) is 0 Å². The van der Waals surface area contributed by atoms with Crippen LogP contribution in [0.1, 0.15) is 0 Å². The summed E-state index contributed by atoms with van der Waals surface area (Å²) in [5.41, 5.74) is -1.46. The van der Waals surface area contributed by atoms with E-state index in [1.165, 1.54) is 0 Å². The lowest BCUT2D eigenvalue weighted by Crippen LogP contribution is -2.14. The van der Waals surface area contributed by atoms with Crippen LogP contribution < -0.4 is 5.32 Å². The van der Waals surface area contributed by atoms with E-state index in [0.29, 0.717) is 4.90 Å². The number of aliphatic carboxylic acids is 1. The molecule has 1 aromatic carbocycles. The van der Waals surface area contributed by atoms with Gasteiger partial charge in [0, 0.05) is 17.0 Å². The van der Waals surface area contributed by atoms with Crippen molar-refractivity contribution in [1.29, 1.82) is 0 Å². The summed E-state index contributed by atoms with van der Waals surface area (Å²) >= 11 is 1.11. The van der Waals surface area contributed by atoms with Crippen molar-refractivity contribution in [3.8, 4) is 0 Å².